The summed E-state index contributed by atoms with van der Waals surface area (Å²) in [7, 11) is 0. The summed E-state index contributed by atoms with van der Waals surface area (Å²) in [6.45, 7) is 2.18. The lowest BCUT2D eigenvalue weighted by Crippen LogP contribution is -1.83. The second-order valence-corrected chi connectivity index (χ2v) is 4.76. The molecule has 0 atom stereocenters. The van der Waals surface area contributed by atoms with Gasteiger partial charge in [0.1, 0.15) is 0 Å². The van der Waals surface area contributed by atoms with Gasteiger partial charge in [-0.2, -0.15) is 4.39 Å². The molecule has 1 aromatic heterocycles. The smallest absolute Gasteiger partial charge is 0.178 e. The third kappa shape index (κ3) is 3.65. The van der Waals surface area contributed by atoms with E-state index in [1.807, 2.05) is 0 Å². The molecule has 13 heavy (non-hydrogen) atoms. The van der Waals surface area contributed by atoms with Crippen LogP contribution in [0.5, 0.6) is 0 Å². The number of halogens is 2. The highest BCUT2D eigenvalue weighted by Crippen LogP contribution is 2.27. The van der Waals surface area contributed by atoms with Gasteiger partial charge in [0.2, 0.25) is 0 Å². The fourth-order valence-electron chi connectivity index (χ4n) is 1.29. The standard InChI is InChI=1S/C10H14ClFS/c1-2-3-4-5-6-8-7-9(12)13-10(8)11/h7H,2-6H2,1H3. The Morgan fingerprint density at radius 3 is 2.69 bits per heavy atom. The van der Waals surface area contributed by atoms with E-state index in [2.05, 4.69) is 6.92 Å². The van der Waals surface area contributed by atoms with Gasteiger partial charge in [0, 0.05) is 0 Å². The average molecular weight is 221 g/mol. The quantitative estimate of drug-likeness (QED) is 0.633. The molecule has 0 aliphatic heterocycles. The van der Waals surface area contributed by atoms with E-state index >= 15 is 0 Å². The highest BCUT2D eigenvalue weighted by atomic mass is 35.5. The summed E-state index contributed by atoms with van der Waals surface area (Å²) in [6.07, 6.45) is 5.73. The van der Waals surface area contributed by atoms with Crippen LogP contribution in [-0.4, -0.2) is 0 Å². The SMILES string of the molecule is CCCCCCc1cc(F)sc1Cl. The van der Waals surface area contributed by atoms with Crippen molar-refractivity contribution in [2.24, 2.45) is 0 Å². The summed E-state index contributed by atoms with van der Waals surface area (Å²) in [6, 6.07) is 1.55. The minimum atomic E-state index is -0.171. The van der Waals surface area contributed by atoms with Crippen LogP contribution in [0.4, 0.5) is 4.39 Å². The van der Waals surface area contributed by atoms with Crippen molar-refractivity contribution in [1.82, 2.24) is 0 Å². The van der Waals surface area contributed by atoms with Crippen molar-refractivity contribution < 1.29 is 4.39 Å². The number of hydrogen-bond acceptors (Lipinski definition) is 1. The fraction of sp³-hybridized carbons (Fsp3) is 0.600. The Morgan fingerprint density at radius 2 is 2.15 bits per heavy atom. The third-order valence-corrected chi connectivity index (χ3v) is 3.26. The largest absolute Gasteiger partial charge is 0.195 e. The van der Waals surface area contributed by atoms with Crippen LogP contribution in [-0.2, 0) is 6.42 Å². The van der Waals surface area contributed by atoms with E-state index in [-0.39, 0.29) is 5.13 Å². The molecule has 74 valence electrons. The van der Waals surface area contributed by atoms with Gasteiger partial charge in [-0.1, -0.05) is 49.1 Å². The first-order valence-corrected chi connectivity index (χ1v) is 5.87. The molecular formula is C10H14ClFS. The van der Waals surface area contributed by atoms with Gasteiger partial charge in [-0.15, -0.1) is 0 Å². The lowest BCUT2D eigenvalue weighted by Gasteiger charge is -1.97. The number of unbranched alkanes of at least 4 members (excludes halogenated alkanes) is 3. The molecule has 0 bridgehead atoms. The molecule has 1 heterocycles. The van der Waals surface area contributed by atoms with Gasteiger partial charge in [0.05, 0.1) is 4.34 Å². The Labute approximate surface area is 87.7 Å². The van der Waals surface area contributed by atoms with Crippen molar-refractivity contribution >= 4 is 22.9 Å². The Bertz CT molecular complexity index is 257. The van der Waals surface area contributed by atoms with Crippen molar-refractivity contribution in [1.29, 1.82) is 0 Å². The summed E-state index contributed by atoms with van der Waals surface area (Å²) in [5, 5.41) is -0.171. The van der Waals surface area contributed by atoms with Crippen molar-refractivity contribution in [3.8, 4) is 0 Å². The van der Waals surface area contributed by atoms with Crippen LogP contribution in [0.15, 0.2) is 6.07 Å². The second kappa shape index (κ2) is 5.61. The Morgan fingerprint density at radius 1 is 1.38 bits per heavy atom. The summed E-state index contributed by atoms with van der Waals surface area (Å²) < 4.78 is 13.3. The highest BCUT2D eigenvalue weighted by Gasteiger charge is 2.05. The minimum Gasteiger partial charge on any atom is -0.195 e. The molecule has 0 fully saturated rings. The Balaban J connectivity index is 2.32. The van der Waals surface area contributed by atoms with E-state index in [0.717, 1.165) is 29.7 Å². The molecular weight excluding hydrogens is 207 g/mol. The molecule has 0 spiro atoms. The van der Waals surface area contributed by atoms with Crippen molar-refractivity contribution in [3.05, 3.63) is 21.1 Å². The monoisotopic (exact) mass is 220 g/mol. The molecule has 1 aromatic rings. The normalized spacial score (nSPS) is 10.7. The maximum absolute atomic E-state index is 12.7. The number of thiophene rings is 1. The van der Waals surface area contributed by atoms with Crippen LogP contribution < -0.4 is 0 Å². The van der Waals surface area contributed by atoms with Crippen LogP contribution in [0, 0.1) is 5.13 Å². The lowest BCUT2D eigenvalue weighted by atomic mass is 10.1. The molecule has 3 heteroatoms. The second-order valence-electron chi connectivity index (χ2n) is 3.16. The van der Waals surface area contributed by atoms with Gasteiger partial charge < -0.3 is 0 Å². The van der Waals surface area contributed by atoms with Gasteiger partial charge >= 0.3 is 0 Å². The maximum Gasteiger partial charge on any atom is 0.178 e. The van der Waals surface area contributed by atoms with Gasteiger partial charge in [-0.25, -0.2) is 0 Å². The Kier molecular flexibility index (Phi) is 4.74. The molecule has 0 unspecified atom stereocenters. The van der Waals surface area contributed by atoms with Gasteiger partial charge in [0.25, 0.3) is 0 Å². The predicted molar refractivity (Wildman–Crippen MR) is 57.1 cm³/mol. The summed E-state index contributed by atoms with van der Waals surface area (Å²) in [4.78, 5) is 0. The minimum absolute atomic E-state index is 0.171. The van der Waals surface area contributed by atoms with Gasteiger partial charge in [-0.3, -0.25) is 0 Å². The molecule has 0 nitrogen and oxygen atoms in total. The molecule has 0 radical (unpaired) electrons. The number of hydrogen-bond donors (Lipinski definition) is 0. The first-order chi connectivity index (χ1) is 6.24. The molecule has 0 aromatic carbocycles. The van der Waals surface area contributed by atoms with E-state index < -0.39 is 0 Å². The average Bonchev–Trinajstić information content (AvgIpc) is 2.39. The molecule has 0 saturated carbocycles. The predicted octanol–water partition coefficient (Wildman–Crippen LogP) is 4.66. The molecule has 0 N–H and O–H groups in total. The zero-order valence-electron chi connectivity index (χ0n) is 7.78. The summed E-state index contributed by atoms with van der Waals surface area (Å²) in [5.41, 5.74) is 0.972. The van der Waals surface area contributed by atoms with Crippen molar-refractivity contribution in [2.45, 2.75) is 39.0 Å². The van der Waals surface area contributed by atoms with Crippen LogP contribution in [0.3, 0.4) is 0 Å². The van der Waals surface area contributed by atoms with E-state index in [1.54, 1.807) is 6.07 Å². The van der Waals surface area contributed by atoms with Crippen LogP contribution in [0.1, 0.15) is 38.2 Å². The molecule has 0 aliphatic carbocycles. The van der Waals surface area contributed by atoms with E-state index in [0.29, 0.717) is 4.34 Å². The van der Waals surface area contributed by atoms with Crippen LogP contribution in [0.2, 0.25) is 4.34 Å². The zero-order chi connectivity index (χ0) is 9.68. The number of rotatable bonds is 5. The topological polar surface area (TPSA) is 0 Å². The van der Waals surface area contributed by atoms with Crippen molar-refractivity contribution in [3.63, 3.8) is 0 Å². The molecule has 0 aliphatic rings. The van der Waals surface area contributed by atoms with E-state index in [9.17, 15) is 4.39 Å². The third-order valence-electron chi connectivity index (χ3n) is 2.03. The van der Waals surface area contributed by atoms with E-state index in [1.165, 1.54) is 19.3 Å². The zero-order valence-corrected chi connectivity index (χ0v) is 9.35. The van der Waals surface area contributed by atoms with Gasteiger partial charge in [0.15, 0.2) is 5.13 Å². The lowest BCUT2D eigenvalue weighted by molar-refractivity contribution is 0.649. The summed E-state index contributed by atoms with van der Waals surface area (Å²) >= 11 is 6.87. The molecule has 0 saturated heterocycles. The molecule has 0 amide bonds. The first-order valence-electron chi connectivity index (χ1n) is 4.67. The van der Waals surface area contributed by atoms with E-state index in [4.69, 9.17) is 11.6 Å². The summed E-state index contributed by atoms with van der Waals surface area (Å²) in [5.74, 6) is 0. The maximum atomic E-state index is 12.7. The van der Waals surface area contributed by atoms with Crippen LogP contribution >= 0.6 is 22.9 Å². The van der Waals surface area contributed by atoms with Crippen LogP contribution in [0.25, 0.3) is 0 Å². The molecule has 1 rings (SSSR count). The van der Waals surface area contributed by atoms with Crippen molar-refractivity contribution in [2.75, 3.05) is 0 Å². The fourth-order valence-corrected chi connectivity index (χ4v) is 2.32. The van der Waals surface area contributed by atoms with Gasteiger partial charge in [-0.05, 0) is 24.5 Å². The highest BCUT2D eigenvalue weighted by molar-refractivity contribution is 7.14. The Hall–Kier alpha value is -0.0800. The first kappa shape index (κ1) is 11.0. The number of aryl methyl sites for hydroxylation is 1.